The molecule has 1 aromatic rings. The zero-order chi connectivity index (χ0) is 16.4. The van der Waals surface area contributed by atoms with Crippen LogP contribution >= 0.6 is 0 Å². The van der Waals surface area contributed by atoms with Gasteiger partial charge in [-0.1, -0.05) is 0 Å². The first-order valence-electron chi connectivity index (χ1n) is 8.67. The molecular formula is C17H23N3O4. The Kier molecular flexibility index (Phi) is 4.73. The maximum Gasteiger partial charge on any atom is 0.255 e. The molecule has 3 fully saturated rings. The summed E-state index contributed by atoms with van der Waals surface area (Å²) in [5, 5.41) is 7.54. The maximum absolute atomic E-state index is 12.8. The van der Waals surface area contributed by atoms with Crippen LogP contribution < -0.4 is 0 Å². The third-order valence-corrected chi connectivity index (χ3v) is 5.33. The van der Waals surface area contributed by atoms with Gasteiger partial charge in [0, 0.05) is 25.7 Å². The first-order chi connectivity index (χ1) is 11.8. The lowest BCUT2D eigenvalue weighted by molar-refractivity contribution is -0.0251. The largest absolute Gasteiger partial charge is 0.381 e. The topological polar surface area (TPSA) is 73.8 Å². The summed E-state index contributed by atoms with van der Waals surface area (Å²) in [6.45, 7) is 4.29. The minimum absolute atomic E-state index is 0.0115. The molecule has 3 aliphatic rings. The number of nitrogens with zero attached hydrogens (tertiary/aromatic N) is 3. The summed E-state index contributed by atoms with van der Waals surface area (Å²) in [6.07, 6.45) is 5.23. The SMILES string of the molecule is O=C(c1ccnnc1)N1C[C@H](OCC2CCOCC2)[C@H]2COC[C@H]21. The molecule has 0 unspecified atom stereocenters. The van der Waals surface area contributed by atoms with Crippen LogP contribution in [0.5, 0.6) is 0 Å². The molecular weight excluding hydrogens is 310 g/mol. The fourth-order valence-corrected chi connectivity index (χ4v) is 3.87. The van der Waals surface area contributed by atoms with E-state index in [1.54, 1.807) is 12.3 Å². The molecule has 7 nitrogen and oxygen atoms in total. The second kappa shape index (κ2) is 7.13. The van der Waals surface area contributed by atoms with E-state index in [9.17, 15) is 4.79 Å². The predicted molar refractivity (Wildman–Crippen MR) is 84.4 cm³/mol. The lowest BCUT2D eigenvalue weighted by Gasteiger charge is -2.25. The van der Waals surface area contributed by atoms with Crippen LogP contribution in [0.1, 0.15) is 23.2 Å². The van der Waals surface area contributed by atoms with Gasteiger partial charge in [-0.15, -0.1) is 0 Å². The monoisotopic (exact) mass is 333 g/mol. The van der Waals surface area contributed by atoms with E-state index in [0.717, 1.165) is 32.7 Å². The van der Waals surface area contributed by atoms with Crippen LogP contribution in [0.2, 0.25) is 0 Å². The standard InChI is InChI=1S/C17H23N3O4/c21-17(13-1-4-18-19-7-13)20-8-16(14-10-23-11-15(14)20)24-9-12-2-5-22-6-3-12/h1,4,7,12,14-16H,2-3,5-6,8-11H2/t14-,15+,16-/m0/s1. The lowest BCUT2D eigenvalue weighted by atomic mass is 10.00. The number of fused-ring (bicyclic) bond motifs is 1. The van der Waals surface area contributed by atoms with Gasteiger partial charge in [-0.2, -0.15) is 10.2 Å². The molecule has 0 saturated carbocycles. The number of hydrogen-bond donors (Lipinski definition) is 0. The Balaban J connectivity index is 1.41. The van der Waals surface area contributed by atoms with Gasteiger partial charge >= 0.3 is 0 Å². The zero-order valence-corrected chi connectivity index (χ0v) is 13.7. The number of rotatable bonds is 4. The molecule has 130 valence electrons. The van der Waals surface area contributed by atoms with Crippen LogP contribution in [0.4, 0.5) is 0 Å². The molecule has 1 aromatic heterocycles. The molecule has 0 N–H and O–H groups in total. The van der Waals surface area contributed by atoms with Crippen LogP contribution in [0, 0.1) is 11.8 Å². The van der Waals surface area contributed by atoms with E-state index in [2.05, 4.69) is 10.2 Å². The van der Waals surface area contributed by atoms with Gasteiger partial charge in [0.2, 0.25) is 0 Å². The maximum atomic E-state index is 12.8. The van der Waals surface area contributed by atoms with Crippen molar-refractivity contribution in [3.63, 3.8) is 0 Å². The van der Waals surface area contributed by atoms with E-state index in [-0.39, 0.29) is 24.0 Å². The van der Waals surface area contributed by atoms with Crippen molar-refractivity contribution in [3.05, 3.63) is 24.0 Å². The molecule has 3 atom stereocenters. The van der Waals surface area contributed by atoms with Gasteiger partial charge in [0.15, 0.2) is 0 Å². The average molecular weight is 333 g/mol. The fourth-order valence-electron chi connectivity index (χ4n) is 3.87. The second-order valence-electron chi connectivity index (χ2n) is 6.78. The van der Waals surface area contributed by atoms with E-state index >= 15 is 0 Å². The van der Waals surface area contributed by atoms with Crippen molar-refractivity contribution in [2.45, 2.75) is 25.0 Å². The molecule has 0 aromatic carbocycles. The van der Waals surface area contributed by atoms with Gasteiger partial charge in [0.25, 0.3) is 5.91 Å². The molecule has 1 amide bonds. The van der Waals surface area contributed by atoms with Crippen LogP contribution in [-0.4, -0.2) is 72.7 Å². The summed E-state index contributed by atoms with van der Waals surface area (Å²) in [5.74, 6) is 0.819. The summed E-state index contributed by atoms with van der Waals surface area (Å²) in [4.78, 5) is 14.7. The van der Waals surface area contributed by atoms with Crippen LogP contribution in [-0.2, 0) is 14.2 Å². The quantitative estimate of drug-likeness (QED) is 0.810. The first-order valence-corrected chi connectivity index (χ1v) is 8.67. The fraction of sp³-hybridized carbons (Fsp3) is 0.706. The van der Waals surface area contributed by atoms with E-state index in [1.165, 1.54) is 6.20 Å². The van der Waals surface area contributed by atoms with Crippen molar-refractivity contribution in [1.82, 2.24) is 15.1 Å². The molecule has 0 spiro atoms. The summed E-state index contributed by atoms with van der Waals surface area (Å²) in [7, 11) is 0. The Labute approximate surface area is 141 Å². The molecule has 4 heterocycles. The molecule has 7 heteroatoms. The van der Waals surface area contributed by atoms with Crippen molar-refractivity contribution >= 4 is 5.91 Å². The van der Waals surface area contributed by atoms with Crippen molar-refractivity contribution in [3.8, 4) is 0 Å². The summed E-state index contributed by atoms with van der Waals surface area (Å²) in [6, 6.07) is 1.81. The molecule has 3 saturated heterocycles. The van der Waals surface area contributed by atoms with Crippen molar-refractivity contribution in [1.29, 1.82) is 0 Å². The van der Waals surface area contributed by atoms with Gasteiger partial charge < -0.3 is 19.1 Å². The number of hydrogen-bond acceptors (Lipinski definition) is 6. The Bertz CT molecular complexity index is 564. The third-order valence-electron chi connectivity index (χ3n) is 5.33. The predicted octanol–water partition coefficient (Wildman–Crippen LogP) is 0.759. The van der Waals surface area contributed by atoms with Gasteiger partial charge in [-0.05, 0) is 24.8 Å². The number of aromatic nitrogens is 2. The van der Waals surface area contributed by atoms with Gasteiger partial charge in [-0.3, -0.25) is 4.79 Å². The number of carbonyl (C=O) groups excluding carboxylic acids is 1. The summed E-state index contributed by atoms with van der Waals surface area (Å²) in [5.41, 5.74) is 0.570. The normalized spacial score (nSPS) is 30.5. The Hall–Kier alpha value is -1.57. The van der Waals surface area contributed by atoms with E-state index in [1.807, 2.05) is 4.90 Å². The lowest BCUT2D eigenvalue weighted by Crippen LogP contribution is -2.38. The van der Waals surface area contributed by atoms with Crippen LogP contribution in [0.25, 0.3) is 0 Å². The van der Waals surface area contributed by atoms with E-state index in [4.69, 9.17) is 14.2 Å². The molecule has 0 bridgehead atoms. The van der Waals surface area contributed by atoms with Gasteiger partial charge in [-0.25, -0.2) is 0 Å². The molecule has 0 radical (unpaired) electrons. The number of likely N-dealkylation sites (tertiary alicyclic amines) is 1. The highest BCUT2D eigenvalue weighted by molar-refractivity contribution is 5.94. The highest BCUT2D eigenvalue weighted by Crippen LogP contribution is 2.33. The smallest absolute Gasteiger partial charge is 0.255 e. The Morgan fingerprint density at radius 3 is 2.92 bits per heavy atom. The highest BCUT2D eigenvalue weighted by Gasteiger charge is 2.48. The number of carbonyl (C=O) groups is 1. The van der Waals surface area contributed by atoms with Crippen molar-refractivity contribution < 1.29 is 19.0 Å². The van der Waals surface area contributed by atoms with E-state index in [0.29, 0.717) is 31.2 Å². The molecule has 3 aliphatic heterocycles. The van der Waals surface area contributed by atoms with Gasteiger partial charge in [0.1, 0.15) is 0 Å². The first kappa shape index (κ1) is 15.9. The molecule has 24 heavy (non-hydrogen) atoms. The van der Waals surface area contributed by atoms with Gasteiger partial charge in [0.05, 0.1) is 49.9 Å². The molecule has 0 aliphatic carbocycles. The van der Waals surface area contributed by atoms with Crippen LogP contribution in [0.3, 0.4) is 0 Å². The summed E-state index contributed by atoms with van der Waals surface area (Å²) < 4.78 is 17.2. The Morgan fingerprint density at radius 1 is 1.25 bits per heavy atom. The number of ether oxygens (including phenoxy) is 3. The minimum Gasteiger partial charge on any atom is -0.381 e. The minimum atomic E-state index is -0.0115. The summed E-state index contributed by atoms with van der Waals surface area (Å²) >= 11 is 0. The third kappa shape index (κ3) is 3.16. The number of amides is 1. The molecule has 4 rings (SSSR count). The van der Waals surface area contributed by atoms with Crippen molar-refractivity contribution in [2.24, 2.45) is 11.8 Å². The zero-order valence-electron chi connectivity index (χ0n) is 13.7. The Morgan fingerprint density at radius 2 is 2.12 bits per heavy atom. The second-order valence-corrected chi connectivity index (χ2v) is 6.78. The average Bonchev–Trinajstić information content (AvgIpc) is 3.24. The van der Waals surface area contributed by atoms with Crippen molar-refractivity contribution in [2.75, 3.05) is 39.6 Å². The van der Waals surface area contributed by atoms with E-state index < -0.39 is 0 Å². The van der Waals surface area contributed by atoms with Crippen LogP contribution in [0.15, 0.2) is 18.5 Å². The highest BCUT2D eigenvalue weighted by atomic mass is 16.5.